The number of ether oxygens (including phenoxy) is 1. The SMILES string of the molecule is CC(Cc1ccccc1)NCC/C=C1\c2ccccc2COc2ccccc21. The highest BCUT2D eigenvalue weighted by Crippen LogP contribution is 2.36. The normalized spacial score (nSPS) is 15.2. The molecule has 0 bridgehead atoms. The van der Waals surface area contributed by atoms with E-state index in [9.17, 15) is 0 Å². The van der Waals surface area contributed by atoms with Gasteiger partial charge in [-0.1, -0.05) is 78.9 Å². The van der Waals surface area contributed by atoms with Gasteiger partial charge in [0.05, 0.1) is 0 Å². The molecule has 0 spiro atoms. The van der Waals surface area contributed by atoms with E-state index in [2.05, 4.69) is 91.1 Å². The molecule has 1 N–H and O–H groups in total. The van der Waals surface area contributed by atoms with Crippen LogP contribution in [0.4, 0.5) is 0 Å². The smallest absolute Gasteiger partial charge is 0.127 e. The molecule has 4 rings (SSSR count). The van der Waals surface area contributed by atoms with Gasteiger partial charge in [-0.15, -0.1) is 0 Å². The van der Waals surface area contributed by atoms with Crippen LogP contribution in [0.5, 0.6) is 5.75 Å². The van der Waals surface area contributed by atoms with Crippen molar-refractivity contribution in [3.8, 4) is 5.75 Å². The van der Waals surface area contributed by atoms with Gasteiger partial charge in [0.15, 0.2) is 0 Å². The summed E-state index contributed by atoms with van der Waals surface area (Å²) in [6.07, 6.45) is 4.39. The average Bonchev–Trinajstić information content (AvgIpc) is 2.89. The standard InChI is InChI=1S/C26H27NO/c1-20(18-21-10-3-2-4-11-21)27-17-9-15-24-23-13-6-5-12-22(23)19-28-26-16-8-7-14-25(24)26/h2-8,10-16,20,27H,9,17-19H2,1H3/b24-15+. The van der Waals surface area contributed by atoms with Gasteiger partial charge in [0.2, 0.25) is 0 Å². The van der Waals surface area contributed by atoms with Gasteiger partial charge >= 0.3 is 0 Å². The number of benzene rings is 3. The van der Waals surface area contributed by atoms with E-state index >= 15 is 0 Å². The second kappa shape index (κ2) is 8.90. The van der Waals surface area contributed by atoms with Crippen LogP contribution >= 0.6 is 0 Å². The van der Waals surface area contributed by atoms with Gasteiger partial charge in [0.1, 0.15) is 12.4 Å². The molecular formula is C26H27NO. The van der Waals surface area contributed by atoms with Gasteiger partial charge in [0.25, 0.3) is 0 Å². The van der Waals surface area contributed by atoms with Crippen LogP contribution in [0.3, 0.4) is 0 Å². The zero-order valence-corrected chi connectivity index (χ0v) is 16.4. The molecule has 0 fully saturated rings. The third-order valence-electron chi connectivity index (χ3n) is 5.24. The Bertz CT molecular complexity index is 896. The van der Waals surface area contributed by atoms with Crippen molar-refractivity contribution < 1.29 is 4.74 Å². The van der Waals surface area contributed by atoms with Gasteiger partial charge in [-0.2, -0.15) is 0 Å². The lowest BCUT2D eigenvalue weighted by atomic mass is 9.93. The Hall–Kier alpha value is -2.84. The van der Waals surface area contributed by atoms with E-state index in [0.29, 0.717) is 12.6 Å². The summed E-state index contributed by atoms with van der Waals surface area (Å²) in [6.45, 7) is 3.84. The molecule has 0 saturated carbocycles. The van der Waals surface area contributed by atoms with Crippen molar-refractivity contribution in [3.63, 3.8) is 0 Å². The fourth-order valence-electron chi connectivity index (χ4n) is 3.83. The molecule has 1 aliphatic rings. The average molecular weight is 370 g/mol. The van der Waals surface area contributed by atoms with Crippen LogP contribution in [-0.4, -0.2) is 12.6 Å². The topological polar surface area (TPSA) is 21.3 Å². The predicted molar refractivity (Wildman–Crippen MR) is 117 cm³/mol. The van der Waals surface area contributed by atoms with Crippen molar-refractivity contribution in [1.82, 2.24) is 5.32 Å². The molecule has 1 aliphatic heterocycles. The van der Waals surface area contributed by atoms with E-state index in [1.165, 1.54) is 27.8 Å². The number of fused-ring (bicyclic) bond motifs is 2. The van der Waals surface area contributed by atoms with Gasteiger partial charge < -0.3 is 10.1 Å². The molecule has 0 amide bonds. The fourth-order valence-corrected chi connectivity index (χ4v) is 3.83. The first kappa shape index (κ1) is 18.5. The van der Waals surface area contributed by atoms with Gasteiger partial charge in [-0.25, -0.2) is 0 Å². The minimum absolute atomic E-state index is 0.456. The molecule has 3 aromatic rings. The summed E-state index contributed by atoms with van der Waals surface area (Å²) < 4.78 is 6.06. The first-order chi connectivity index (χ1) is 13.8. The number of nitrogens with one attached hydrogen (secondary N) is 1. The minimum Gasteiger partial charge on any atom is -0.488 e. The maximum absolute atomic E-state index is 6.06. The summed E-state index contributed by atoms with van der Waals surface area (Å²) >= 11 is 0. The Morgan fingerprint density at radius 2 is 1.61 bits per heavy atom. The maximum atomic E-state index is 6.06. The number of hydrogen-bond donors (Lipinski definition) is 1. The van der Waals surface area contributed by atoms with Crippen molar-refractivity contribution in [2.24, 2.45) is 0 Å². The van der Waals surface area contributed by atoms with Crippen LogP contribution in [0.2, 0.25) is 0 Å². The van der Waals surface area contributed by atoms with E-state index in [4.69, 9.17) is 4.74 Å². The number of para-hydroxylation sites is 1. The van der Waals surface area contributed by atoms with Gasteiger partial charge in [0, 0.05) is 11.6 Å². The largest absolute Gasteiger partial charge is 0.488 e. The molecule has 142 valence electrons. The molecule has 2 heteroatoms. The summed E-state index contributed by atoms with van der Waals surface area (Å²) in [7, 11) is 0. The van der Waals surface area contributed by atoms with Crippen LogP contribution in [0.15, 0.2) is 84.9 Å². The lowest BCUT2D eigenvalue weighted by Gasteiger charge is -2.14. The Kier molecular flexibility index (Phi) is 5.89. The molecular weight excluding hydrogens is 342 g/mol. The zero-order valence-electron chi connectivity index (χ0n) is 16.4. The Morgan fingerprint density at radius 1 is 0.893 bits per heavy atom. The second-order valence-electron chi connectivity index (χ2n) is 7.39. The van der Waals surface area contributed by atoms with Crippen molar-refractivity contribution in [2.45, 2.75) is 32.4 Å². The van der Waals surface area contributed by atoms with Gasteiger partial charge in [-0.3, -0.25) is 0 Å². The lowest BCUT2D eigenvalue weighted by Crippen LogP contribution is -2.28. The van der Waals surface area contributed by atoms with E-state index in [1.807, 2.05) is 6.07 Å². The van der Waals surface area contributed by atoms with Gasteiger partial charge in [-0.05, 0) is 54.6 Å². The van der Waals surface area contributed by atoms with E-state index in [1.54, 1.807) is 0 Å². The summed E-state index contributed by atoms with van der Waals surface area (Å²) in [4.78, 5) is 0. The molecule has 0 aliphatic carbocycles. The van der Waals surface area contributed by atoms with Crippen LogP contribution in [0.1, 0.15) is 35.6 Å². The third-order valence-corrected chi connectivity index (χ3v) is 5.24. The number of hydrogen-bond acceptors (Lipinski definition) is 2. The van der Waals surface area contributed by atoms with Crippen LogP contribution in [-0.2, 0) is 13.0 Å². The van der Waals surface area contributed by atoms with Crippen molar-refractivity contribution in [3.05, 3.63) is 107 Å². The van der Waals surface area contributed by atoms with Crippen LogP contribution in [0.25, 0.3) is 5.57 Å². The van der Waals surface area contributed by atoms with E-state index in [-0.39, 0.29) is 0 Å². The monoisotopic (exact) mass is 369 g/mol. The second-order valence-corrected chi connectivity index (χ2v) is 7.39. The predicted octanol–water partition coefficient (Wildman–Crippen LogP) is 5.62. The first-order valence-electron chi connectivity index (χ1n) is 10.1. The molecule has 0 radical (unpaired) electrons. The molecule has 2 nitrogen and oxygen atoms in total. The maximum Gasteiger partial charge on any atom is 0.127 e. The third kappa shape index (κ3) is 4.35. The lowest BCUT2D eigenvalue weighted by molar-refractivity contribution is 0.307. The highest BCUT2D eigenvalue weighted by atomic mass is 16.5. The highest BCUT2D eigenvalue weighted by molar-refractivity contribution is 5.84. The quantitative estimate of drug-likeness (QED) is 0.569. The molecule has 3 aromatic carbocycles. The van der Waals surface area contributed by atoms with E-state index in [0.717, 1.165) is 25.1 Å². The summed E-state index contributed by atoms with van der Waals surface area (Å²) in [5.41, 5.74) is 6.37. The van der Waals surface area contributed by atoms with Crippen molar-refractivity contribution >= 4 is 5.57 Å². The summed E-state index contributed by atoms with van der Waals surface area (Å²) in [6, 6.07) is 28.0. The Labute approximate surface area is 167 Å². The zero-order chi connectivity index (χ0) is 19.2. The van der Waals surface area contributed by atoms with Crippen LogP contribution in [0, 0.1) is 0 Å². The minimum atomic E-state index is 0.456. The molecule has 28 heavy (non-hydrogen) atoms. The summed E-state index contributed by atoms with van der Waals surface area (Å²) in [5.74, 6) is 0.968. The molecule has 0 saturated heterocycles. The molecule has 1 heterocycles. The Balaban J connectivity index is 1.46. The number of rotatable bonds is 6. The van der Waals surface area contributed by atoms with E-state index < -0.39 is 0 Å². The van der Waals surface area contributed by atoms with Crippen LogP contribution < -0.4 is 10.1 Å². The first-order valence-corrected chi connectivity index (χ1v) is 10.1. The Morgan fingerprint density at radius 3 is 2.46 bits per heavy atom. The fraction of sp³-hybridized carbons (Fsp3) is 0.231. The molecule has 0 aromatic heterocycles. The summed E-state index contributed by atoms with van der Waals surface area (Å²) in [5, 5.41) is 3.66. The van der Waals surface area contributed by atoms with Crippen molar-refractivity contribution in [2.75, 3.05) is 6.54 Å². The van der Waals surface area contributed by atoms with Crippen molar-refractivity contribution in [1.29, 1.82) is 0 Å². The molecule has 1 unspecified atom stereocenters. The molecule has 1 atom stereocenters. The highest BCUT2D eigenvalue weighted by Gasteiger charge is 2.18.